The summed E-state index contributed by atoms with van der Waals surface area (Å²) in [4.78, 5) is 14.4. The van der Waals surface area contributed by atoms with Gasteiger partial charge in [0.1, 0.15) is 11.1 Å². The quantitative estimate of drug-likeness (QED) is 0.645. The summed E-state index contributed by atoms with van der Waals surface area (Å²) in [5.41, 5.74) is 3.11. The van der Waals surface area contributed by atoms with Crippen molar-refractivity contribution in [2.45, 2.75) is 24.3 Å². The van der Waals surface area contributed by atoms with Crippen LogP contribution < -0.4 is 0 Å². The monoisotopic (exact) mass is 366 g/mol. The summed E-state index contributed by atoms with van der Waals surface area (Å²) < 4.78 is 2.01. The molecule has 0 unspecified atom stereocenters. The van der Waals surface area contributed by atoms with Crippen LogP contribution in [0, 0.1) is 13.8 Å². The number of benzene rings is 2. The van der Waals surface area contributed by atoms with Gasteiger partial charge >= 0.3 is 0 Å². The van der Waals surface area contributed by atoms with Gasteiger partial charge in [0, 0.05) is 14.1 Å². The van der Waals surface area contributed by atoms with Crippen molar-refractivity contribution in [3.63, 3.8) is 0 Å². The zero-order chi connectivity index (χ0) is 18.7. The summed E-state index contributed by atoms with van der Waals surface area (Å²) >= 11 is 1.43. The molecule has 0 saturated carbocycles. The molecule has 3 rings (SSSR count). The molecule has 0 radical (unpaired) electrons. The van der Waals surface area contributed by atoms with Crippen LogP contribution in [0.1, 0.15) is 22.2 Å². The van der Waals surface area contributed by atoms with Crippen LogP contribution in [0.4, 0.5) is 0 Å². The summed E-state index contributed by atoms with van der Waals surface area (Å²) in [6.45, 7) is 3.98. The van der Waals surface area contributed by atoms with Gasteiger partial charge < -0.3 is 4.90 Å². The minimum atomic E-state index is -0.377. The van der Waals surface area contributed by atoms with Gasteiger partial charge in [0.15, 0.2) is 5.16 Å². The molecule has 0 aliphatic carbocycles. The molecule has 2 aromatic carbocycles. The smallest absolute Gasteiger partial charge is 0.240 e. The van der Waals surface area contributed by atoms with E-state index in [0.29, 0.717) is 5.16 Å². The second-order valence-corrected chi connectivity index (χ2v) is 7.37. The highest BCUT2D eigenvalue weighted by Gasteiger charge is 2.27. The molecule has 0 aliphatic rings. The molecule has 26 heavy (non-hydrogen) atoms. The molecule has 1 aromatic heterocycles. The van der Waals surface area contributed by atoms with Gasteiger partial charge in [-0.05, 0) is 31.0 Å². The lowest BCUT2D eigenvalue weighted by atomic mass is 10.1. The Kier molecular flexibility index (Phi) is 5.42. The molecule has 3 aromatic rings. The van der Waals surface area contributed by atoms with Crippen LogP contribution in [0.3, 0.4) is 0 Å². The molecule has 0 saturated heterocycles. The first-order valence-corrected chi connectivity index (χ1v) is 9.28. The fraction of sp³-hybridized carbons (Fsp3) is 0.250. The maximum Gasteiger partial charge on any atom is 0.240 e. The van der Waals surface area contributed by atoms with Crippen molar-refractivity contribution in [1.82, 2.24) is 19.7 Å². The third-order valence-electron chi connectivity index (χ3n) is 4.14. The van der Waals surface area contributed by atoms with Crippen LogP contribution in [0.2, 0.25) is 0 Å². The molecule has 0 bridgehead atoms. The Morgan fingerprint density at radius 2 is 1.65 bits per heavy atom. The highest BCUT2D eigenvalue weighted by Crippen LogP contribution is 2.37. The number of hydrogen-bond acceptors (Lipinski definition) is 4. The number of para-hydroxylation sites is 1. The Morgan fingerprint density at radius 1 is 1.00 bits per heavy atom. The fourth-order valence-electron chi connectivity index (χ4n) is 2.74. The molecule has 6 heteroatoms. The number of amides is 1. The van der Waals surface area contributed by atoms with E-state index in [0.717, 1.165) is 22.6 Å². The third kappa shape index (κ3) is 3.65. The van der Waals surface area contributed by atoms with E-state index in [-0.39, 0.29) is 11.2 Å². The second-order valence-electron chi connectivity index (χ2n) is 6.29. The zero-order valence-electron chi connectivity index (χ0n) is 15.4. The minimum absolute atomic E-state index is 0.0261. The molecule has 0 spiro atoms. The zero-order valence-corrected chi connectivity index (χ0v) is 16.2. The lowest BCUT2D eigenvalue weighted by molar-refractivity contribution is -0.128. The molecule has 0 fully saturated rings. The Labute approximate surface area is 158 Å². The van der Waals surface area contributed by atoms with Crippen LogP contribution in [0.25, 0.3) is 5.69 Å². The first-order valence-electron chi connectivity index (χ1n) is 8.40. The number of thioether (sulfide) groups is 1. The summed E-state index contributed by atoms with van der Waals surface area (Å²) in [5, 5.41) is 8.93. The molecule has 0 aliphatic heterocycles. The van der Waals surface area contributed by atoms with Crippen LogP contribution in [0.5, 0.6) is 0 Å². The first kappa shape index (κ1) is 18.2. The highest BCUT2D eigenvalue weighted by atomic mass is 32.2. The van der Waals surface area contributed by atoms with Crippen molar-refractivity contribution in [3.05, 3.63) is 71.5 Å². The van der Waals surface area contributed by atoms with E-state index in [1.807, 2.05) is 60.0 Å². The lowest BCUT2D eigenvalue weighted by Gasteiger charge is -2.21. The van der Waals surface area contributed by atoms with Gasteiger partial charge in [-0.25, -0.2) is 0 Å². The summed E-state index contributed by atoms with van der Waals surface area (Å²) in [6.07, 6.45) is 0. The Balaban J connectivity index is 2.04. The number of hydrogen-bond donors (Lipinski definition) is 0. The van der Waals surface area contributed by atoms with E-state index in [9.17, 15) is 4.79 Å². The molecule has 0 N–H and O–H groups in total. The van der Waals surface area contributed by atoms with E-state index >= 15 is 0 Å². The molecular formula is C20H22N4OS. The third-order valence-corrected chi connectivity index (χ3v) is 5.33. The average Bonchev–Trinajstić information content (AvgIpc) is 3.00. The topological polar surface area (TPSA) is 51.0 Å². The predicted molar refractivity (Wildman–Crippen MR) is 105 cm³/mol. The van der Waals surface area contributed by atoms with Crippen molar-refractivity contribution in [1.29, 1.82) is 0 Å². The first-order chi connectivity index (χ1) is 12.5. The summed E-state index contributed by atoms with van der Waals surface area (Å²) in [5.74, 6) is 0.823. The van der Waals surface area contributed by atoms with Gasteiger partial charge in [0.2, 0.25) is 5.91 Å². The van der Waals surface area contributed by atoms with Crippen molar-refractivity contribution in [3.8, 4) is 5.69 Å². The van der Waals surface area contributed by atoms with E-state index in [4.69, 9.17) is 0 Å². The number of rotatable bonds is 5. The maximum atomic E-state index is 12.8. The Bertz CT molecular complexity index is 905. The predicted octanol–water partition coefficient (Wildman–Crippen LogP) is 3.81. The van der Waals surface area contributed by atoms with Gasteiger partial charge in [-0.2, -0.15) is 0 Å². The van der Waals surface area contributed by atoms with E-state index < -0.39 is 0 Å². The normalized spacial score (nSPS) is 12.0. The van der Waals surface area contributed by atoms with E-state index in [1.54, 1.807) is 19.0 Å². The molecule has 5 nitrogen and oxygen atoms in total. The van der Waals surface area contributed by atoms with Crippen molar-refractivity contribution in [2.24, 2.45) is 0 Å². The number of likely N-dealkylation sites (N-methyl/N-ethyl adjacent to an activating group) is 1. The molecular weight excluding hydrogens is 344 g/mol. The van der Waals surface area contributed by atoms with E-state index in [1.165, 1.54) is 11.8 Å². The van der Waals surface area contributed by atoms with Crippen molar-refractivity contribution < 1.29 is 4.79 Å². The molecule has 1 amide bonds. The van der Waals surface area contributed by atoms with Crippen molar-refractivity contribution in [2.75, 3.05) is 14.1 Å². The van der Waals surface area contributed by atoms with Crippen LogP contribution >= 0.6 is 11.8 Å². The Morgan fingerprint density at radius 3 is 2.31 bits per heavy atom. The van der Waals surface area contributed by atoms with Gasteiger partial charge in [0.25, 0.3) is 0 Å². The number of nitrogens with zero attached hydrogens (tertiary/aromatic N) is 4. The van der Waals surface area contributed by atoms with Crippen LogP contribution in [-0.4, -0.2) is 39.7 Å². The highest BCUT2D eigenvalue weighted by molar-refractivity contribution is 8.00. The number of carbonyl (C=O) groups is 1. The average molecular weight is 366 g/mol. The lowest BCUT2D eigenvalue weighted by Crippen LogP contribution is -2.27. The Hall–Kier alpha value is -2.60. The number of aryl methyl sites for hydroxylation is 2. The largest absolute Gasteiger partial charge is 0.348 e. The summed E-state index contributed by atoms with van der Waals surface area (Å²) in [6, 6.07) is 17.9. The summed E-state index contributed by atoms with van der Waals surface area (Å²) in [7, 11) is 3.55. The SMILES string of the molecule is Cc1ccccc1-n1c(C)nnc1S[C@H](C(=O)N(C)C)c1ccccc1. The molecule has 1 heterocycles. The number of aromatic nitrogens is 3. The van der Waals surface area contributed by atoms with E-state index in [2.05, 4.69) is 23.2 Å². The fourth-order valence-corrected chi connectivity index (χ4v) is 3.98. The van der Waals surface area contributed by atoms with Crippen LogP contribution in [-0.2, 0) is 4.79 Å². The maximum absolute atomic E-state index is 12.8. The minimum Gasteiger partial charge on any atom is -0.348 e. The van der Waals surface area contributed by atoms with Gasteiger partial charge in [0.05, 0.1) is 5.69 Å². The van der Waals surface area contributed by atoms with Crippen molar-refractivity contribution >= 4 is 17.7 Å². The standard InChI is InChI=1S/C20H22N4OS/c1-14-10-8-9-13-17(14)24-15(2)21-22-20(24)26-18(19(25)23(3)4)16-11-6-5-7-12-16/h5-13,18H,1-4H3/t18-/m0/s1. The molecule has 134 valence electrons. The van der Waals surface area contributed by atoms with Gasteiger partial charge in [-0.1, -0.05) is 60.3 Å². The second kappa shape index (κ2) is 7.74. The van der Waals surface area contributed by atoms with Gasteiger partial charge in [-0.15, -0.1) is 10.2 Å². The molecule has 1 atom stereocenters. The van der Waals surface area contributed by atoms with Crippen LogP contribution in [0.15, 0.2) is 59.8 Å². The van der Waals surface area contributed by atoms with Gasteiger partial charge in [-0.3, -0.25) is 9.36 Å². The number of carbonyl (C=O) groups excluding carboxylic acids is 1.